The van der Waals surface area contributed by atoms with E-state index >= 15 is 0 Å². The molecule has 122 valence electrons. The van der Waals surface area contributed by atoms with Gasteiger partial charge in [0, 0.05) is 6.42 Å². The lowest BCUT2D eigenvalue weighted by Crippen LogP contribution is -2.47. The van der Waals surface area contributed by atoms with Crippen molar-refractivity contribution in [3.05, 3.63) is 71.4 Å². The maximum atomic E-state index is 12.4. The molecule has 1 amide bonds. The molecule has 0 unspecified atom stereocenters. The van der Waals surface area contributed by atoms with Gasteiger partial charge in [0.15, 0.2) is 0 Å². The number of carbonyl (C=O) groups is 2. The van der Waals surface area contributed by atoms with E-state index in [-0.39, 0.29) is 18.0 Å². The Kier molecular flexibility index (Phi) is 4.33. The Morgan fingerprint density at radius 2 is 1.83 bits per heavy atom. The molecule has 0 atom stereocenters. The predicted octanol–water partition coefficient (Wildman–Crippen LogP) is 3.03. The fourth-order valence-corrected chi connectivity index (χ4v) is 2.36. The Bertz CT molecular complexity index is 813. The van der Waals surface area contributed by atoms with Crippen LogP contribution in [0, 0.1) is 13.8 Å². The van der Waals surface area contributed by atoms with Gasteiger partial charge in [0.1, 0.15) is 11.4 Å². The highest BCUT2D eigenvalue weighted by Crippen LogP contribution is 2.20. The number of hydrogen-bond donors (Lipinski definition) is 1. The number of nitrogens with zero attached hydrogens (tertiary/aromatic N) is 1. The summed E-state index contributed by atoms with van der Waals surface area (Å²) in [4.78, 5) is 24.4. The number of esters is 1. The first-order chi connectivity index (χ1) is 11.5. The molecule has 2 aromatic carbocycles. The fourth-order valence-electron chi connectivity index (χ4n) is 2.36. The van der Waals surface area contributed by atoms with Crippen molar-refractivity contribution in [3.63, 3.8) is 0 Å². The Hall–Kier alpha value is -3.08. The number of benzene rings is 2. The molecule has 0 aromatic heterocycles. The van der Waals surface area contributed by atoms with Gasteiger partial charge < -0.3 is 4.74 Å². The minimum absolute atomic E-state index is 0.135. The van der Waals surface area contributed by atoms with Crippen LogP contribution in [0.25, 0.3) is 0 Å². The Labute approximate surface area is 140 Å². The second-order valence-corrected chi connectivity index (χ2v) is 5.63. The summed E-state index contributed by atoms with van der Waals surface area (Å²) in [6.07, 6.45) is 1.68. The van der Waals surface area contributed by atoms with Crippen LogP contribution in [-0.4, -0.2) is 11.9 Å². The molecular formula is C19H18N2O3. The third kappa shape index (κ3) is 3.30. The zero-order valence-electron chi connectivity index (χ0n) is 13.6. The van der Waals surface area contributed by atoms with Crippen molar-refractivity contribution in [1.29, 1.82) is 0 Å². The fraction of sp³-hybridized carbons (Fsp3) is 0.158. The highest BCUT2D eigenvalue weighted by atomic mass is 16.5. The quantitative estimate of drug-likeness (QED) is 0.697. The summed E-state index contributed by atoms with van der Waals surface area (Å²) >= 11 is 0. The molecule has 5 nitrogen and oxygen atoms in total. The van der Waals surface area contributed by atoms with Crippen molar-refractivity contribution >= 4 is 17.6 Å². The van der Waals surface area contributed by atoms with Gasteiger partial charge in [-0.3, -0.25) is 10.2 Å². The highest BCUT2D eigenvalue weighted by Gasteiger charge is 2.25. The first kappa shape index (κ1) is 15.8. The van der Waals surface area contributed by atoms with Gasteiger partial charge in [0.2, 0.25) is 5.91 Å². The summed E-state index contributed by atoms with van der Waals surface area (Å²) in [6, 6.07) is 14.6. The van der Waals surface area contributed by atoms with Crippen LogP contribution in [0.4, 0.5) is 5.69 Å². The molecule has 0 fully saturated rings. The lowest BCUT2D eigenvalue weighted by atomic mass is 10.1. The van der Waals surface area contributed by atoms with Crippen LogP contribution in [0.2, 0.25) is 0 Å². The number of rotatable bonds is 3. The largest absolute Gasteiger partial charge is 0.422 e. The number of hydrogen-bond acceptors (Lipinski definition) is 4. The first-order valence-electron chi connectivity index (χ1n) is 7.69. The molecule has 0 aliphatic carbocycles. The van der Waals surface area contributed by atoms with E-state index in [1.54, 1.807) is 24.3 Å². The van der Waals surface area contributed by atoms with E-state index in [0.717, 1.165) is 11.1 Å². The maximum Gasteiger partial charge on any atom is 0.361 e. The zero-order valence-corrected chi connectivity index (χ0v) is 13.6. The van der Waals surface area contributed by atoms with E-state index in [2.05, 4.69) is 5.43 Å². The van der Waals surface area contributed by atoms with Gasteiger partial charge in [-0.1, -0.05) is 24.3 Å². The Morgan fingerprint density at radius 1 is 1.08 bits per heavy atom. The van der Waals surface area contributed by atoms with Crippen LogP contribution in [0.5, 0.6) is 5.75 Å². The van der Waals surface area contributed by atoms with Crippen molar-refractivity contribution in [2.75, 3.05) is 5.01 Å². The predicted molar refractivity (Wildman–Crippen MR) is 91.3 cm³/mol. The van der Waals surface area contributed by atoms with Crippen molar-refractivity contribution in [3.8, 4) is 5.75 Å². The average Bonchev–Trinajstić information content (AvgIpc) is 2.59. The number of nitrogens with one attached hydrogen (secondary N) is 1. The molecule has 0 saturated carbocycles. The zero-order chi connectivity index (χ0) is 17.1. The van der Waals surface area contributed by atoms with Gasteiger partial charge in [-0.05, 0) is 55.3 Å². The van der Waals surface area contributed by atoms with Crippen molar-refractivity contribution < 1.29 is 14.3 Å². The molecule has 0 bridgehead atoms. The average molecular weight is 322 g/mol. The third-order valence-electron chi connectivity index (χ3n) is 3.89. The minimum Gasteiger partial charge on any atom is -0.422 e. The third-order valence-corrected chi connectivity index (χ3v) is 3.89. The molecule has 0 radical (unpaired) electrons. The second kappa shape index (κ2) is 6.58. The molecule has 0 saturated heterocycles. The summed E-state index contributed by atoms with van der Waals surface area (Å²) in [6.45, 7) is 3.95. The van der Waals surface area contributed by atoms with Gasteiger partial charge in [-0.2, -0.15) is 0 Å². The second-order valence-electron chi connectivity index (χ2n) is 5.63. The van der Waals surface area contributed by atoms with Crippen LogP contribution in [0.3, 0.4) is 0 Å². The van der Waals surface area contributed by atoms with E-state index in [1.165, 1.54) is 5.01 Å². The first-order valence-corrected chi connectivity index (χ1v) is 7.69. The number of aryl methyl sites for hydroxylation is 2. The van der Waals surface area contributed by atoms with Gasteiger partial charge in [0.25, 0.3) is 0 Å². The molecule has 0 spiro atoms. The smallest absolute Gasteiger partial charge is 0.361 e. The van der Waals surface area contributed by atoms with Gasteiger partial charge in [-0.15, -0.1) is 0 Å². The maximum absolute atomic E-state index is 12.4. The lowest BCUT2D eigenvalue weighted by Gasteiger charge is -2.28. The van der Waals surface area contributed by atoms with E-state index in [0.29, 0.717) is 11.4 Å². The number of carbonyl (C=O) groups excluding carboxylic acids is 2. The van der Waals surface area contributed by atoms with Crippen molar-refractivity contribution in [2.24, 2.45) is 0 Å². The lowest BCUT2D eigenvalue weighted by molar-refractivity contribution is -0.130. The SMILES string of the molecule is Cc1ccc(OC(=O)C2=CCC(=O)N(c3ccccc3)N2)cc1C. The minimum atomic E-state index is -0.522. The molecule has 1 N–H and O–H groups in total. The number of para-hydroxylation sites is 1. The molecule has 3 rings (SSSR count). The number of amides is 1. The summed E-state index contributed by atoms with van der Waals surface area (Å²) in [5.41, 5.74) is 5.93. The van der Waals surface area contributed by atoms with E-state index < -0.39 is 5.97 Å². The van der Waals surface area contributed by atoms with Gasteiger partial charge in [-0.25, -0.2) is 9.80 Å². The number of anilines is 1. The van der Waals surface area contributed by atoms with Gasteiger partial charge >= 0.3 is 5.97 Å². The molecule has 1 aliphatic rings. The van der Waals surface area contributed by atoms with E-state index in [4.69, 9.17) is 4.74 Å². The monoisotopic (exact) mass is 322 g/mol. The van der Waals surface area contributed by atoms with Crippen LogP contribution < -0.4 is 15.2 Å². The van der Waals surface area contributed by atoms with Crippen molar-refractivity contribution in [2.45, 2.75) is 20.3 Å². The molecule has 24 heavy (non-hydrogen) atoms. The topological polar surface area (TPSA) is 58.6 Å². The van der Waals surface area contributed by atoms with Crippen LogP contribution >= 0.6 is 0 Å². The highest BCUT2D eigenvalue weighted by molar-refractivity contribution is 5.99. The summed E-state index contributed by atoms with van der Waals surface area (Å²) in [5, 5.41) is 1.36. The van der Waals surface area contributed by atoms with Crippen LogP contribution in [0.1, 0.15) is 17.5 Å². The van der Waals surface area contributed by atoms with Crippen LogP contribution in [0.15, 0.2) is 60.3 Å². The van der Waals surface area contributed by atoms with Crippen LogP contribution in [-0.2, 0) is 9.59 Å². The Morgan fingerprint density at radius 3 is 2.54 bits per heavy atom. The molecular weight excluding hydrogens is 304 g/mol. The summed E-state index contributed by atoms with van der Waals surface area (Å²) in [7, 11) is 0. The summed E-state index contributed by atoms with van der Waals surface area (Å²) < 4.78 is 5.40. The normalized spacial score (nSPS) is 14.0. The summed E-state index contributed by atoms with van der Waals surface area (Å²) in [5.74, 6) is -0.176. The number of ether oxygens (including phenoxy) is 1. The molecule has 5 heteroatoms. The molecule has 1 aliphatic heterocycles. The number of hydrazine groups is 1. The Balaban J connectivity index is 1.75. The van der Waals surface area contributed by atoms with Gasteiger partial charge in [0.05, 0.1) is 5.69 Å². The standard InChI is InChI=1S/C19H18N2O3/c1-13-8-9-16(12-14(13)2)24-19(23)17-10-11-18(22)21(20-17)15-6-4-3-5-7-15/h3-10,12,20H,11H2,1-2H3. The molecule has 1 heterocycles. The van der Waals surface area contributed by atoms with E-state index in [1.807, 2.05) is 44.2 Å². The van der Waals surface area contributed by atoms with Crippen molar-refractivity contribution in [1.82, 2.24) is 5.43 Å². The molecule has 2 aromatic rings. The van der Waals surface area contributed by atoms with E-state index in [9.17, 15) is 9.59 Å².